The van der Waals surface area contributed by atoms with Crippen LogP contribution in [0.5, 0.6) is 0 Å². The summed E-state index contributed by atoms with van der Waals surface area (Å²) in [5, 5.41) is 0. The molecule has 3 aromatic rings. The summed E-state index contributed by atoms with van der Waals surface area (Å²) in [5.41, 5.74) is 3.77. The summed E-state index contributed by atoms with van der Waals surface area (Å²) in [6.07, 6.45) is 4.85. The molecule has 0 saturated carbocycles. The first-order chi connectivity index (χ1) is 9.83. The summed E-state index contributed by atoms with van der Waals surface area (Å²) >= 11 is 3.63. The highest BCUT2D eigenvalue weighted by atomic mass is 79.9. The molecule has 1 aliphatic heterocycles. The zero-order valence-electron chi connectivity index (χ0n) is 10.8. The van der Waals surface area contributed by atoms with Crippen LogP contribution in [0.2, 0.25) is 0 Å². The zero-order chi connectivity index (χ0) is 13.5. The Balaban J connectivity index is 1.71. The molecule has 0 amide bonds. The van der Waals surface area contributed by atoms with Gasteiger partial charge in [-0.3, -0.25) is 4.40 Å². The van der Waals surface area contributed by atoms with Crippen molar-refractivity contribution in [1.29, 1.82) is 0 Å². The van der Waals surface area contributed by atoms with E-state index in [0.717, 1.165) is 35.6 Å². The minimum absolute atomic E-state index is 0.738. The highest BCUT2D eigenvalue weighted by molar-refractivity contribution is 9.10. The molecule has 2 aromatic heterocycles. The van der Waals surface area contributed by atoms with Crippen molar-refractivity contribution in [1.82, 2.24) is 14.4 Å². The summed E-state index contributed by atoms with van der Waals surface area (Å²) in [5.74, 6) is 0.738. The molecule has 0 fully saturated rings. The first-order valence-electron chi connectivity index (χ1n) is 6.63. The minimum Gasteiger partial charge on any atom is -0.365 e. The zero-order valence-corrected chi connectivity index (χ0v) is 12.4. The number of fused-ring (bicyclic) bond motifs is 2. The van der Waals surface area contributed by atoms with Gasteiger partial charge in [-0.25, -0.2) is 9.97 Å². The smallest absolute Gasteiger partial charge is 0.234 e. The van der Waals surface area contributed by atoms with Gasteiger partial charge in [0, 0.05) is 24.6 Å². The highest BCUT2D eigenvalue weighted by Crippen LogP contribution is 2.30. The van der Waals surface area contributed by atoms with Crippen molar-refractivity contribution in [3.05, 3.63) is 58.6 Å². The number of rotatable bonds is 2. The first kappa shape index (κ1) is 11.9. The maximum Gasteiger partial charge on any atom is 0.234 e. The molecule has 0 aliphatic carbocycles. The SMILES string of the molecule is Brc1c(CN2CCc3ccccc32)nc2ncccn12. The lowest BCUT2D eigenvalue weighted by molar-refractivity contribution is 0.816. The van der Waals surface area contributed by atoms with Gasteiger partial charge in [0.2, 0.25) is 5.78 Å². The normalized spacial score (nSPS) is 13.9. The van der Waals surface area contributed by atoms with Crippen molar-refractivity contribution >= 4 is 27.4 Å². The molecule has 0 saturated heterocycles. The molecule has 0 bridgehead atoms. The Morgan fingerprint density at radius 3 is 3.00 bits per heavy atom. The Morgan fingerprint density at radius 2 is 2.10 bits per heavy atom. The molecule has 20 heavy (non-hydrogen) atoms. The van der Waals surface area contributed by atoms with E-state index >= 15 is 0 Å². The van der Waals surface area contributed by atoms with Crippen LogP contribution in [0.25, 0.3) is 5.78 Å². The molecule has 4 nitrogen and oxygen atoms in total. The Labute approximate surface area is 125 Å². The van der Waals surface area contributed by atoms with Crippen LogP contribution in [0.1, 0.15) is 11.3 Å². The van der Waals surface area contributed by atoms with Crippen molar-refractivity contribution < 1.29 is 0 Å². The van der Waals surface area contributed by atoms with E-state index in [1.807, 2.05) is 16.7 Å². The van der Waals surface area contributed by atoms with Crippen LogP contribution >= 0.6 is 15.9 Å². The van der Waals surface area contributed by atoms with E-state index in [9.17, 15) is 0 Å². The lowest BCUT2D eigenvalue weighted by Crippen LogP contribution is -2.20. The molecule has 0 spiro atoms. The molecular formula is C15H13BrN4. The van der Waals surface area contributed by atoms with Crippen LogP contribution in [0.3, 0.4) is 0 Å². The average Bonchev–Trinajstić information content (AvgIpc) is 3.03. The number of anilines is 1. The van der Waals surface area contributed by atoms with Gasteiger partial charge in [-0.2, -0.15) is 0 Å². The molecule has 3 heterocycles. The number of nitrogens with zero attached hydrogens (tertiary/aromatic N) is 4. The van der Waals surface area contributed by atoms with E-state index in [1.54, 1.807) is 6.20 Å². The van der Waals surface area contributed by atoms with E-state index in [0.29, 0.717) is 0 Å². The van der Waals surface area contributed by atoms with Gasteiger partial charge >= 0.3 is 0 Å². The van der Waals surface area contributed by atoms with Gasteiger partial charge in [0.15, 0.2) is 0 Å². The van der Waals surface area contributed by atoms with E-state index in [4.69, 9.17) is 0 Å². The van der Waals surface area contributed by atoms with Gasteiger partial charge in [0.05, 0.1) is 12.2 Å². The van der Waals surface area contributed by atoms with Gasteiger partial charge < -0.3 is 4.90 Å². The summed E-state index contributed by atoms with van der Waals surface area (Å²) in [4.78, 5) is 11.3. The second-order valence-corrected chi connectivity index (χ2v) is 5.69. The molecule has 1 aromatic carbocycles. The van der Waals surface area contributed by atoms with E-state index in [-0.39, 0.29) is 0 Å². The van der Waals surface area contributed by atoms with Crippen LogP contribution in [-0.4, -0.2) is 20.9 Å². The second kappa shape index (κ2) is 4.59. The molecule has 0 radical (unpaired) electrons. The number of para-hydroxylation sites is 1. The van der Waals surface area contributed by atoms with Crippen molar-refractivity contribution in [2.24, 2.45) is 0 Å². The van der Waals surface area contributed by atoms with Crippen molar-refractivity contribution in [2.75, 3.05) is 11.4 Å². The van der Waals surface area contributed by atoms with Crippen LogP contribution < -0.4 is 4.90 Å². The third kappa shape index (κ3) is 1.81. The van der Waals surface area contributed by atoms with E-state index in [2.05, 4.69) is 55.1 Å². The van der Waals surface area contributed by atoms with Gasteiger partial charge in [-0.15, -0.1) is 0 Å². The number of hydrogen-bond acceptors (Lipinski definition) is 3. The lowest BCUT2D eigenvalue weighted by Gasteiger charge is -2.18. The Bertz CT molecular complexity index is 780. The summed E-state index contributed by atoms with van der Waals surface area (Å²) in [6.45, 7) is 1.86. The van der Waals surface area contributed by atoms with Crippen molar-refractivity contribution in [3.8, 4) is 0 Å². The van der Waals surface area contributed by atoms with Crippen LogP contribution in [0.4, 0.5) is 5.69 Å². The van der Waals surface area contributed by atoms with Crippen LogP contribution in [0, 0.1) is 0 Å². The molecule has 5 heteroatoms. The molecule has 100 valence electrons. The maximum atomic E-state index is 4.61. The molecule has 0 unspecified atom stereocenters. The van der Waals surface area contributed by atoms with Gasteiger partial charge in [-0.1, -0.05) is 18.2 Å². The third-order valence-corrected chi connectivity index (χ3v) is 4.58. The quantitative estimate of drug-likeness (QED) is 0.725. The predicted octanol–water partition coefficient (Wildman–Crippen LogP) is 3.05. The number of benzene rings is 1. The van der Waals surface area contributed by atoms with Crippen LogP contribution in [-0.2, 0) is 13.0 Å². The summed E-state index contributed by atoms with van der Waals surface area (Å²) < 4.78 is 2.96. The first-order valence-corrected chi connectivity index (χ1v) is 7.42. The monoisotopic (exact) mass is 328 g/mol. The fraction of sp³-hybridized carbons (Fsp3) is 0.200. The second-order valence-electron chi connectivity index (χ2n) is 4.94. The largest absolute Gasteiger partial charge is 0.365 e. The lowest BCUT2D eigenvalue weighted by atomic mass is 10.2. The molecule has 0 atom stereocenters. The predicted molar refractivity (Wildman–Crippen MR) is 81.9 cm³/mol. The topological polar surface area (TPSA) is 33.4 Å². The van der Waals surface area contributed by atoms with Gasteiger partial charge in [-0.05, 0) is 40.0 Å². The van der Waals surface area contributed by atoms with Crippen molar-refractivity contribution in [3.63, 3.8) is 0 Å². The summed E-state index contributed by atoms with van der Waals surface area (Å²) in [6, 6.07) is 10.5. The highest BCUT2D eigenvalue weighted by Gasteiger charge is 2.21. The molecule has 0 N–H and O–H groups in total. The Morgan fingerprint density at radius 1 is 1.20 bits per heavy atom. The minimum atomic E-state index is 0.738. The number of imidazole rings is 1. The maximum absolute atomic E-state index is 4.61. The van der Waals surface area contributed by atoms with E-state index in [1.165, 1.54) is 11.3 Å². The van der Waals surface area contributed by atoms with E-state index < -0.39 is 0 Å². The standard InChI is InChI=1S/C15H13BrN4/c16-14-12(18-15-17-7-3-8-20(14)15)10-19-9-6-11-4-1-2-5-13(11)19/h1-5,7-8H,6,9-10H2. The molecule has 4 rings (SSSR count). The number of hydrogen-bond donors (Lipinski definition) is 0. The van der Waals surface area contributed by atoms with Crippen LogP contribution in [0.15, 0.2) is 47.3 Å². The number of halogens is 1. The molecular weight excluding hydrogens is 316 g/mol. The third-order valence-electron chi connectivity index (χ3n) is 3.74. The summed E-state index contributed by atoms with van der Waals surface area (Å²) in [7, 11) is 0. The average molecular weight is 329 g/mol. The van der Waals surface area contributed by atoms with Crippen molar-refractivity contribution in [2.45, 2.75) is 13.0 Å². The Hall–Kier alpha value is -1.88. The molecule has 1 aliphatic rings. The fourth-order valence-corrected chi connectivity index (χ4v) is 3.25. The Kier molecular flexibility index (Phi) is 2.73. The number of aromatic nitrogens is 3. The van der Waals surface area contributed by atoms with Gasteiger partial charge in [0.1, 0.15) is 4.60 Å². The van der Waals surface area contributed by atoms with Gasteiger partial charge in [0.25, 0.3) is 0 Å². The fourth-order valence-electron chi connectivity index (χ4n) is 2.76.